The van der Waals surface area contributed by atoms with Crippen LogP contribution >= 0.6 is 0 Å². The second-order valence-electron chi connectivity index (χ2n) is 4.19. The Balaban J connectivity index is 2.10. The third-order valence-electron chi connectivity index (χ3n) is 2.68. The van der Waals surface area contributed by atoms with Crippen molar-refractivity contribution < 1.29 is 4.79 Å². The largest absolute Gasteiger partial charge is 0.398 e. The SMILES string of the molecule is CC(=O)c1cc(NCc2ccn(C)n2)ccc1N. The minimum atomic E-state index is -0.0333. The fourth-order valence-corrected chi connectivity index (χ4v) is 1.72. The summed E-state index contributed by atoms with van der Waals surface area (Å²) < 4.78 is 1.75. The molecule has 5 nitrogen and oxygen atoms in total. The Kier molecular flexibility index (Phi) is 3.32. The van der Waals surface area contributed by atoms with Crippen LogP contribution in [0.2, 0.25) is 0 Å². The highest BCUT2D eigenvalue weighted by Gasteiger charge is 2.06. The molecule has 1 aromatic heterocycles. The summed E-state index contributed by atoms with van der Waals surface area (Å²) >= 11 is 0. The molecule has 0 spiro atoms. The third-order valence-corrected chi connectivity index (χ3v) is 2.68. The van der Waals surface area contributed by atoms with E-state index in [4.69, 9.17) is 5.73 Å². The lowest BCUT2D eigenvalue weighted by Gasteiger charge is -2.08. The van der Waals surface area contributed by atoms with Gasteiger partial charge in [0.15, 0.2) is 5.78 Å². The van der Waals surface area contributed by atoms with Gasteiger partial charge in [-0.25, -0.2) is 0 Å². The van der Waals surface area contributed by atoms with Crippen molar-refractivity contribution >= 4 is 17.2 Å². The van der Waals surface area contributed by atoms with Gasteiger partial charge >= 0.3 is 0 Å². The quantitative estimate of drug-likeness (QED) is 0.635. The number of anilines is 2. The van der Waals surface area contributed by atoms with Crippen LogP contribution in [0, 0.1) is 0 Å². The zero-order valence-corrected chi connectivity index (χ0v) is 10.5. The molecule has 94 valence electrons. The molecule has 0 saturated carbocycles. The van der Waals surface area contributed by atoms with Gasteiger partial charge in [-0.15, -0.1) is 0 Å². The van der Waals surface area contributed by atoms with E-state index in [1.165, 1.54) is 6.92 Å². The van der Waals surface area contributed by atoms with Crippen LogP contribution in [0.15, 0.2) is 30.5 Å². The Morgan fingerprint density at radius 3 is 2.83 bits per heavy atom. The number of nitrogens with one attached hydrogen (secondary N) is 1. The van der Waals surface area contributed by atoms with E-state index in [2.05, 4.69) is 10.4 Å². The Bertz CT molecular complexity index is 574. The smallest absolute Gasteiger partial charge is 0.161 e. The number of carbonyl (C=O) groups is 1. The van der Waals surface area contributed by atoms with E-state index in [0.717, 1.165) is 11.4 Å². The van der Waals surface area contributed by atoms with Gasteiger partial charge in [0.05, 0.1) is 12.2 Å². The number of hydrogen-bond donors (Lipinski definition) is 2. The van der Waals surface area contributed by atoms with Crippen LogP contribution < -0.4 is 11.1 Å². The molecule has 2 aromatic rings. The number of nitrogen functional groups attached to an aromatic ring is 1. The first kappa shape index (κ1) is 12.2. The highest BCUT2D eigenvalue weighted by Crippen LogP contribution is 2.18. The monoisotopic (exact) mass is 244 g/mol. The summed E-state index contributed by atoms with van der Waals surface area (Å²) in [5.41, 5.74) is 8.59. The number of nitrogens with zero attached hydrogens (tertiary/aromatic N) is 2. The van der Waals surface area contributed by atoms with Crippen molar-refractivity contribution in [3.63, 3.8) is 0 Å². The summed E-state index contributed by atoms with van der Waals surface area (Å²) in [6.07, 6.45) is 1.89. The van der Waals surface area contributed by atoms with Gasteiger partial charge in [-0.3, -0.25) is 9.48 Å². The molecule has 2 rings (SSSR count). The molecule has 0 atom stereocenters. The van der Waals surface area contributed by atoms with Gasteiger partial charge in [0.25, 0.3) is 0 Å². The zero-order valence-electron chi connectivity index (χ0n) is 10.5. The molecular formula is C13H16N4O. The Morgan fingerprint density at radius 2 is 2.22 bits per heavy atom. The molecule has 0 saturated heterocycles. The fourth-order valence-electron chi connectivity index (χ4n) is 1.72. The van der Waals surface area contributed by atoms with E-state index in [-0.39, 0.29) is 5.78 Å². The molecule has 0 radical (unpaired) electrons. The van der Waals surface area contributed by atoms with Crippen LogP contribution in [0.4, 0.5) is 11.4 Å². The molecule has 0 aliphatic rings. The number of carbonyl (C=O) groups excluding carboxylic acids is 1. The minimum Gasteiger partial charge on any atom is -0.398 e. The third kappa shape index (κ3) is 2.68. The van der Waals surface area contributed by atoms with Crippen LogP contribution in [0.5, 0.6) is 0 Å². The lowest BCUT2D eigenvalue weighted by atomic mass is 10.1. The number of Topliss-reactive ketones (excluding diaryl/α,β-unsaturated/α-hetero) is 1. The summed E-state index contributed by atoms with van der Waals surface area (Å²) in [5.74, 6) is -0.0333. The van der Waals surface area contributed by atoms with Crippen molar-refractivity contribution in [1.29, 1.82) is 0 Å². The molecule has 0 bridgehead atoms. The first-order chi connectivity index (χ1) is 8.56. The molecule has 1 heterocycles. The Labute approximate surface area is 106 Å². The van der Waals surface area contributed by atoms with Crippen molar-refractivity contribution in [3.05, 3.63) is 41.7 Å². The van der Waals surface area contributed by atoms with Gasteiger partial charge in [0.2, 0.25) is 0 Å². The molecular weight excluding hydrogens is 228 g/mol. The number of benzene rings is 1. The maximum atomic E-state index is 11.4. The molecule has 5 heteroatoms. The highest BCUT2D eigenvalue weighted by molar-refractivity contribution is 5.99. The molecule has 0 aliphatic carbocycles. The maximum absolute atomic E-state index is 11.4. The van der Waals surface area contributed by atoms with E-state index in [0.29, 0.717) is 17.8 Å². The topological polar surface area (TPSA) is 72.9 Å². The van der Waals surface area contributed by atoms with E-state index in [1.54, 1.807) is 16.8 Å². The number of ketones is 1. The van der Waals surface area contributed by atoms with Crippen molar-refractivity contribution in [1.82, 2.24) is 9.78 Å². The molecule has 3 N–H and O–H groups in total. The van der Waals surface area contributed by atoms with E-state index < -0.39 is 0 Å². The highest BCUT2D eigenvalue weighted by atomic mass is 16.1. The standard InChI is InChI=1S/C13H16N4O/c1-9(18)12-7-10(3-4-13(12)14)15-8-11-5-6-17(2)16-11/h3-7,15H,8,14H2,1-2H3. The average Bonchev–Trinajstić information content (AvgIpc) is 2.74. The normalized spacial score (nSPS) is 10.3. The number of nitrogens with two attached hydrogens (primary N) is 1. The van der Waals surface area contributed by atoms with E-state index >= 15 is 0 Å². The fraction of sp³-hybridized carbons (Fsp3) is 0.231. The molecule has 0 unspecified atom stereocenters. The number of aromatic nitrogens is 2. The van der Waals surface area contributed by atoms with Gasteiger partial charge in [-0.2, -0.15) is 5.10 Å². The summed E-state index contributed by atoms with van der Waals surface area (Å²) in [6.45, 7) is 2.12. The van der Waals surface area contributed by atoms with Crippen LogP contribution in [0.1, 0.15) is 23.0 Å². The van der Waals surface area contributed by atoms with Crippen LogP contribution in [-0.4, -0.2) is 15.6 Å². The van der Waals surface area contributed by atoms with Crippen LogP contribution in [-0.2, 0) is 13.6 Å². The summed E-state index contributed by atoms with van der Waals surface area (Å²) in [4.78, 5) is 11.4. The number of rotatable bonds is 4. The second kappa shape index (κ2) is 4.91. The average molecular weight is 244 g/mol. The first-order valence-electron chi connectivity index (χ1n) is 5.69. The summed E-state index contributed by atoms with van der Waals surface area (Å²) in [5, 5.41) is 7.48. The zero-order chi connectivity index (χ0) is 13.1. The molecule has 18 heavy (non-hydrogen) atoms. The molecule has 0 amide bonds. The number of aryl methyl sites for hydroxylation is 1. The lowest BCUT2D eigenvalue weighted by Crippen LogP contribution is -2.04. The summed E-state index contributed by atoms with van der Waals surface area (Å²) in [7, 11) is 1.88. The maximum Gasteiger partial charge on any atom is 0.161 e. The van der Waals surface area contributed by atoms with Gasteiger partial charge < -0.3 is 11.1 Å². The molecule has 0 aliphatic heterocycles. The van der Waals surface area contributed by atoms with Gasteiger partial charge in [-0.05, 0) is 31.2 Å². The summed E-state index contributed by atoms with van der Waals surface area (Å²) in [6, 6.07) is 7.29. The predicted molar refractivity (Wildman–Crippen MR) is 71.4 cm³/mol. The number of hydrogen-bond acceptors (Lipinski definition) is 4. The van der Waals surface area contributed by atoms with E-state index in [1.807, 2.05) is 25.4 Å². The van der Waals surface area contributed by atoms with E-state index in [9.17, 15) is 4.79 Å². The molecule has 1 aromatic carbocycles. The van der Waals surface area contributed by atoms with Crippen LogP contribution in [0.25, 0.3) is 0 Å². The Morgan fingerprint density at radius 1 is 1.44 bits per heavy atom. The Hall–Kier alpha value is -2.30. The predicted octanol–water partition coefficient (Wildman–Crippen LogP) is 1.82. The van der Waals surface area contributed by atoms with Gasteiger partial charge in [-0.1, -0.05) is 0 Å². The molecule has 0 fully saturated rings. The van der Waals surface area contributed by atoms with Crippen molar-refractivity contribution in [2.75, 3.05) is 11.1 Å². The van der Waals surface area contributed by atoms with Gasteiger partial charge in [0.1, 0.15) is 0 Å². The lowest BCUT2D eigenvalue weighted by molar-refractivity contribution is 0.101. The van der Waals surface area contributed by atoms with Crippen molar-refractivity contribution in [3.8, 4) is 0 Å². The van der Waals surface area contributed by atoms with Crippen LogP contribution in [0.3, 0.4) is 0 Å². The van der Waals surface area contributed by atoms with Crippen molar-refractivity contribution in [2.45, 2.75) is 13.5 Å². The second-order valence-corrected chi connectivity index (χ2v) is 4.19. The van der Waals surface area contributed by atoms with Crippen molar-refractivity contribution in [2.24, 2.45) is 7.05 Å². The van der Waals surface area contributed by atoms with Gasteiger partial charge in [0, 0.05) is 30.2 Å². The minimum absolute atomic E-state index is 0.0333. The first-order valence-corrected chi connectivity index (χ1v) is 5.69.